The lowest BCUT2D eigenvalue weighted by atomic mass is 9.90. The Hall–Kier alpha value is -1.83. The lowest BCUT2D eigenvalue weighted by Gasteiger charge is -2.34. The zero-order valence-corrected chi connectivity index (χ0v) is 10.4. The second-order valence-corrected chi connectivity index (χ2v) is 4.55. The van der Waals surface area contributed by atoms with E-state index in [1.165, 1.54) is 0 Å². The molecular formula is C12H13F3N2O3. The van der Waals surface area contributed by atoms with Gasteiger partial charge in [0, 0.05) is 32.3 Å². The van der Waals surface area contributed by atoms with Crippen molar-refractivity contribution in [2.24, 2.45) is 0 Å². The van der Waals surface area contributed by atoms with E-state index in [0.29, 0.717) is 0 Å². The number of hydrogen-bond donors (Lipinski definition) is 2. The molecule has 0 atom stereocenters. The summed E-state index contributed by atoms with van der Waals surface area (Å²) >= 11 is 0. The molecule has 1 aromatic heterocycles. The quantitative estimate of drug-likeness (QED) is 0.892. The number of carboxylic acids is 1. The Kier molecular flexibility index (Phi) is 3.85. The smallest absolute Gasteiger partial charge is 0.416 e. The highest BCUT2D eigenvalue weighted by Gasteiger charge is 2.41. The molecule has 2 heterocycles. The SMILES string of the molecule is O=C(O)C1(Nc2cc(C(F)(F)F)ccn2)CCOCC1. The van der Waals surface area contributed by atoms with Gasteiger partial charge in [0.15, 0.2) is 0 Å². The monoisotopic (exact) mass is 290 g/mol. The molecule has 0 bridgehead atoms. The van der Waals surface area contributed by atoms with Crippen molar-refractivity contribution in [1.82, 2.24) is 4.98 Å². The molecule has 110 valence electrons. The summed E-state index contributed by atoms with van der Waals surface area (Å²) in [5.74, 6) is -1.23. The van der Waals surface area contributed by atoms with Crippen molar-refractivity contribution >= 4 is 11.8 Å². The first-order chi connectivity index (χ1) is 9.33. The molecule has 0 aromatic carbocycles. The van der Waals surface area contributed by atoms with Crippen LogP contribution in [0.5, 0.6) is 0 Å². The number of aromatic nitrogens is 1. The highest BCUT2D eigenvalue weighted by atomic mass is 19.4. The van der Waals surface area contributed by atoms with Gasteiger partial charge < -0.3 is 15.2 Å². The summed E-state index contributed by atoms with van der Waals surface area (Å²) in [6.45, 7) is 0.469. The van der Waals surface area contributed by atoms with Gasteiger partial charge in [0.05, 0.1) is 5.56 Å². The van der Waals surface area contributed by atoms with Crippen molar-refractivity contribution in [3.63, 3.8) is 0 Å². The third-order valence-corrected chi connectivity index (χ3v) is 3.21. The lowest BCUT2D eigenvalue weighted by molar-refractivity contribution is -0.145. The fourth-order valence-electron chi connectivity index (χ4n) is 2.03. The Morgan fingerprint density at radius 3 is 2.60 bits per heavy atom. The minimum Gasteiger partial charge on any atom is -0.480 e. The van der Waals surface area contributed by atoms with Gasteiger partial charge in [-0.1, -0.05) is 0 Å². The molecular weight excluding hydrogens is 277 g/mol. The van der Waals surface area contributed by atoms with E-state index in [9.17, 15) is 23.1 Å². The van der Waals surface area contributed by atoms with E-state index < -0.39 is 23.2 Å². The number of halogens is 3. The summed E-state index contributed by atoms with van der Waals surface area (Å²) in [6, 6.07) is 1.64. The van der Waals surface area contributed by atoms with Crippen LogP contribution >= 0.6 is 0 Å². The van der Waals surface area contributed by atoms with Crippen molar-refractivity contribution < 1.29 is 27.8 Å². The van der Waals surface area contributed by atoms with Crippen molar-refractivity contribution in [2.45, 2.75) is 24.6 Å². The highest BCUT2D eigenvalue weighted by molar-refractivity contribution is 5.82. The van der Waals surface area contributed by atoms with Crippen molar-refractivity contribution in [2.75, 3.05) is 18.5 Å². The molecule has 0 amide bonds. The number of anilines is 1. The number of carbonyl (C=O) groups is 1. The summed E-state index contributed by atoms with van der Waals surface area (Å²) < 4.78 is 42.9. The van der Waals surface area contributed by atoms with Crippen molar-refractivity contribution in [1.29, 1.82) is 0 Å². The van der Waals surface area contributed by atoms with Crippen LogP contribution in [0, 0.1) is 0 Å². The number of carboxylic acid groups (broad SMARTS) is 1. The first-order valence-electron chi connectivity index (χ1n) is 5.96. The Morgan fingerprint density at radius 1 is 1.40 bits per heavy atom. The Balaban J connectivity index is 2.25. The van der Waals surface area contributed by atoms with Gasteiger partial charge >= 0.3 is 12.1 Å². The third-order valence-electron chi connectivity index (χ3n) is 3.21. The molecule has 20 heavy (non-hydrogen) atoms. The van der Waals surface area contributed by atoms with Gasteiger partial charge in [0.2, 0.25) is 0 Å². The maximum atomic E-state index is 12.6. The largest absolute Gasteiger partial charge is 0.480 e. The average molecular weight is 290 g/mol. The number of nitrogens with one attached hydrogen (secondary N) is 1. The van der Waals surface area contributed by atoms with E-state index in [2.05, 4.69) is 10.3 Å². The van der Waals surface area contributed by atoms with Crippen LogP contribution in [0.2, 0.25) is 0 Å². The molecule has 1 aliphatic rings. The number of ether oxygens (including phenoxy) is 1. The zero-order chi connectivity index (χ0) is 14.8. The minimum atomic E-state index is -4.49. The van der Waals surface area contributed by atoms with Crippen LogP contribution in [0.15, 0.2) is 18.3 Å². The van der Waals surface area contributed by atoms with Crippen LogP contribution in [0.4, 0.5) is 19.0 Å². The van der Waals surface area contributed by atoms with Crippen LogP contribution in [0.3, 0.4) is 0 Å². The normalized spacial score (nSPS) is 18.6. The van der Waals surface area contributed by atoms with Crippen LogP contribution in [0.1, 0.15) is 18.4 Å². The predicted molar refractivity (Wildman–Crippen MR) is 63.3 cm³/mol. The van der Waals surface area contributed by atoms with Gasteiger partial charge in [-0.2, -0.15) is 13.2 Å². The minimum absolute atomic E-state index is 0.107. The van der Waals surface area contributed by atoms with E-state index >= 15 is 0 Å². The first-order valence-corrected chi connectivity index (χ1v) is 5.96. The molecule has 2 N–H and O–H groups in total. The molecule has 0 saturated carbocycles. The van der Waals surface area contributed by atoms with Gasteiger partial charge in [-0.25, -0.2) is 9.78 Å². The standard InChI is InChI=1S/C12H13F3N2O3/c13-12(14,15)8-1-4-16-9(7-8)17-11(10(18)19)2-5-20-6-3-11/h1,4,7H,2-3,5-6H2,(H,16,17)(H,18,19). The van der Waals surface area contributed by atoms with Crippen LogP contribution in [0.25, 0.3) is 0 Å². The van der Waals surface area contributed by atoms with E-state index in [1.54, 1.807) is 0 Å². The third kappa shape index (κ3) is 3.01. The summed E-state index contributed by atoms with van der Waals surface area (Å²) in [7, 11) is 0. The van der Waals surface area contributed by atoms with E-state index in [4.69, 9.17) is 4.74 Å². The summed E-state index contributed by atoms with van der Waals surface area (Å²) in [6.07, 6.45) is -3.16. The lowest BCUT2D eigenvalue weighted by Crippen LogP contribution is -2.50. The van der Waals surface area contributed by atoms with Gasteiger partial charge in [0.25, 0.3) is 0 Å². The predicted octanol–water partition coefficient (Wildman–Crippen LogP) is 2.15. The van der Waals surface area contributed by atoms with E-state index in [1.807, 2.05) is 0 Å². The molecule has 1 aliphatic heterocycles. The van der Waals surface area contributed by atoms with Crippen molar-refractivity contribution in [3.8, 4) is 0 Å². The Morgan fingerprint density at radius 2 is 2.05 bits per heavy atom. The van der Waals surface area contributed by atoms with Crippen LogP contribution in [-0.4, -0.2) is 34.8 Å². The molecule has 1 saturated heterocycles. The van der Waals surface area contributed by atoms with Gasteiger partial charge in [-0.3, -0.25) is 0 Å². The zero-order valence-electron chi connectivity index (χ0n) is 10.4. The molecule has 1 aromatic rings. The summed E-state index contributed by atoms with van der Waals surface area (Å²) in [5.41, 5.74) is -2.21. The number of rotatable bonds is 3. The highest BCUT2D eigenvalue weighted by Crippen LogP contribution is 2.31. The Labute approximate surface area is 112 Å². The summed E-state index contributed by atoms with van der Waals surface area (Å²) in [5, 5.41) is 11.9. The first kappa shape index (κ1) is 14.6. The number of pyridine rings is 1. The topological polar surface area (TPSA) is 71.5 Å². The van der Waals surface area contributed by atoms with Gasteiger partial charge in [-0.15, -0.1) is 0 Å². The second-order valence-electron chi connectivity index (χ2n) is 4.55. The molecule has 0 radical (unpaired) electrons. The molecule has 0 spiro atoms. The molecule has 5 nitrogen and oxygen atoms in total. The number of hydrogen-bond acceptors (Lipinski definition) is 4. The number of nitrogens with zero attached hydrogens (tertiary/aromatic N) is 1. The molecule has 0 unspecified atom stereocenters. The maximum absolute atomic E-state index is 12.6. The average Bonchev–Trinajstić information content (AvgIpc) is 2.39. The summed E-state index contributed by atoms with van der Waals surface area (Å²) in [4.78, 5) is 15.2. The van der Waals surface area contributed by atoms with E-state index in [-0.39, 0.29) is 31.9 Å². The van der Waals surface area contributed by atoms with E-state index in [0.717, 1.165) is 18.3 Å². The van der Waals surface area contributed by atoms with Gasteiger partial charge in [0.1, 0.15) is 11.4 Å². The molecule has 8 heteroatoms. The van der Waals surface area contributed by atoms with Gasteiger partial charge in [-0.05, 0) is 12.1 Å². The molecule has 0 aliphatic carbocycles. The maximum Gasteiger partial charge on any atom is 0.416 e. The fraction of sp³-hybridized carbons (Fsp3) is 0.500. The number of alkyl halides is 3. The Bertz CT molecular complexity index is 499. The molecule has 2 rings (SSSR count). The molecule has 1 fully saturated rings. The number of aliphatic carboxylic acids is 1. The van der Waals surface area contributed by atoms with Crippen LogP contribution in [-0.2, 0) is 15.7 Å². The van der Waals surface area contributed by atoms with Crippen molar-refractivity contribution in [3.05, 3.63) is 23.9 Å². The second kappa shape index (κ2) is 5.28. The fourth-order valence-corrected chi connectivity index (χ4v) is 2.03. The van der Waals surface area contributed by atoms with Crippen LogP contribution < -0.4 is 5.32 Å².